The molecule has 4 N–H and O–H groups in total. The number of carbonyl (C=O) groups is 3. The third-order valence-electron chi connectivity index (χ3n) is 5.40. The van der Waals surface area contributed by atoms with Crippen LogP contribution < -0.4 is 5.73 Å². The van der Waals surface area contributed by atoms with Gasteiger partial charge in [-0.2, -0.15) is 0 Å². The number of ketones is 1. The number of piperidine rings is 1. The van der Waals surface area contributed by atoms with Crippen LogP contribution in [0.4, 0.5) is 0 Å². The zero-order valence-corrected chi connectivity index (χ0v) is 16.9. The molecule has 1 aromatic rings. The van der Waals surface area contributed by atoms with Crippen LogP contribution in [0.25, 0.3) is 0 Å². The summed E-state index contributed by atoms with van der Waals surface area (Å²) in [6.45, 7) is 7.57. The monoisotopic (exact) mass is 394 g/mol. The number of H-pyrrole nitrogens is 1. The molecule has 28 heavy (non-hydrogen) atoms. The number of aromatic nitrogens is 2. The van der Waals surface area contributed by atoms with E-state index in [1.807, 2.05) is 27.7 Å². The van der Waals surface area contributed by atoms with Crippen LogP contribution in [-0.2, 0) is 25.6 Å². The molecule has 0 aliphatic carbocycles. The number of nitrogens with two attached hydrogens (primary N) is 1. The predicted octanol–water partition coefficient (Wildman–Crippen LogP) is 1.44. The van der Waals surface area contributed by atoms with Crippen molar-refractivity contribution in [3.8, 4) is 0 Å². The Hall–Kier alpha value is -2.26. The summed E-state index contributed by atoms with van der Waals surface area (Å²) in [7, 11) is 0. The van der Waals surface area contributed by atoms with Gasteiger partial charge in [0.25, 0.3) is 0 Å². The zero-order valence-electron chi connectivity index (χ0n) is 16.9. The maximum atomic E-state index is 13.1. The topological polar surface area (TPSA) is 139 Å². The predicted molar refractivity (Wildman–Crippen MR) is 101 cm³/mol. The number of imidazole rings is 1. The molecule has 1 fully saturated rings. The lowest BCUT2D eigenvalue weighted by molar-refractivity contribution is -0.275. The van der Waals surface area contributed by atoms with Crippen LogP contribution in [0.1, 0.15) is 59.1 Å². The SMILES string of the molecule is CC1(C)CCC(C(=O)[C@@H](N)Cc2c[nH]cn2)C(C)(C)N1OC(=O)CCC(=O)O. The minimum absolute atomic E-state index is 0.102. The molecule has 0 saturated carbocycles. The number of carboxylic acids is 1. The van der Waals surface area contributed by atoms with E-state index in [1.54, 1.807) is 11.3 Å². The van der Waals surface area contributed by atoms with Crippen LogP contribution in [-0.4, -0.2) is 55.0 Å². The molecule has 1 aromatic heterocycles. The van der Waals surface area contributed by atoms with E-state index < -0.39 is 35.0 Å². The Labute approximate surface area is 164 Å². The van der Waals surface area contributed by atoms with Crippen molar-refractivity contribution in [1.29, 1.82) is 0 Å². The highest BCUT2D eigenvalue weighted by atomic mass is 16.7. The van der Waals surface area contributed by atoms with Crippen LogP contribution in [0.3, 0.4) is 0 Å². The molecular formula is C19H30N4O5. The van der Waals surface area contributed by atoms with Crippen LogP contribution in [0.2, 0.25) is 0 Å². The molecule has 0 spiro atoms. The van der Waals surface area contributed by atoms with Crippen molar-refractivity contribution in [1.82, 2.24) is 15.0 Å². The largest absolute Gasteiger partial charge is 0.481 e. The molecule has 1 saturated heterocycles. The number of nitrogens with one attached hydrogen (secondary N) is 1. The minimum Gasteiger partial charge on any atom is -0.481 e. The molecule has 1 unspecified atom stereocenters. The lowest BCUT2D eigenvalue weighted by Gasteiger charge is -2.53. The number of carboxylic acid groups (broad SMARTS) is 1. The van der Waals surface area contributed by atoms with Crippen molar-refractivity contribution in [2.75, 3.05) is 0 Å². The summed E-state index contributed by atoms with van der Waals surface area (Å²) in [5.41, 5.74) is 5.59. The fraction of sp³-hybridized carbons (Fsp3) is 0.684. The Morgan fingerprint density at radius 3 is 2.61 bits per heavy atom. The Bertz CT molecular complexity index is 714. The van der Waals surface area contributed by atoms with Gasteiger partial charge in [0.05, 0.1) is 42.0 Å². The van der Waals surface area contributed by atoms with Gasteiger partial charge in [-0.05, 0) is 40.5 Å². The highest BCUT2D eigenvalue weighted by Crippen LogP contribution is 2.43. The quantitative estimate of drug-likeness (QED) is 0.602. The highest BCUT2D eigenvalue weighted by Gasteiger charge is 2.52. The molecule has 2 rings (SSSR count). The number of nitrogens with zero attached hydrogens (tertiary/aromatic N) is 2. The van der Waals surface area contributed by atoms with E-state index in [-0.39, 0.29) is 18.6 Å². The molecule has 156 valence electrons. The Morgan fingerprint density at radius 2 is 2.04 bits per heavy atom. The minimum atomic E-state index is -1.06. The molecular weight excluding hydrogens is 364 g/mol. The summed E-state index contributed by atoms with van der Waals surface area (Å²) in [5.74, 6) is -2.22. The second kappa shape index (κ2) is 8.40. The van der Waals surface area contributed by atoms with Crippen LogP contribution in [0.5, 0.6) is 0 Å². The van der Waals surface area contributed by atoms with Crippen molar-refractivity contribution in [3.63, 3.8) is 0 Å². The van der Waals surface area contributed by atoms with Gasteiger partial charge in [0.15, 0.2) is 5.78 Å². The van der Waals surface area contributed by atoms with Gasteiger partial charge in [-0.25, -0.2) is 4.98 Å². The molecule has 1 aliphatic heterocycles. The Balaban J connectivity index is 2.14. The maximum Gasteiger partial charge on any atom is 0.325 e. The van der Waals surface area contributed by atoms with Crippen molar-refractivity contribution >= 4 is 17.7 Å². The number of hydrogen-bond donors (Lipinski definition) is 3. The average Bonchev–Trinajstić information content (AvgIpc) is 3.09. The molecule has 9 nitrogen and oxygen atoms in total. The van der Waals surface area contributed by atoms with Gasteiger partial charge in [0, 0.05) is 18.5 Å². The summed E-state index contributed by atoms with van der Waals surface area (Å²) in [6, 6.07) is -0.710. The number of hydroxylamine groups is 2. The standard InChI is InChI=1S/C19H30N4O5/c1-18(2)8-7-13(17(27)14(20)9-12-10-21-11-22-12)19(3,4)23(18)28-16(26)6-5-15(24)25/h10-11,13-14H,5-9,20H2,1-4H3,(H,21,22)(H,24,25)/t13?,14-/m0/s1. The van der Waals surface area contributed by atoms with E-state index in [4.69, 9.17) is 15.7 Å². The fourth-order valence-corrected chi connectivity index (χ4v) is 3.95. The first-order chi connectivity index (χ1) is 12.9. The second-order valence-electron chi connectivity index (χ2n) is 8.48. The van der Waals surface area contributed by atoms with Crippen molar-refractivity contribution in [2.24, 2.45) is 11.7 Å². The van der Waals surface area contributed by atoms with Crippen LogP contribution >= 0.6 is 0 Å². The van der Waals surface area contributed by atoms with Crippen molar-refractivity contribution in [2.45, 2.75) is 76.9 Å². The number of carbonyl (C=O) groups excluding carboxylic acids is 2. The summed E-state index contributed by atoms with van der Waals surface area (Å²) in [6.07, 6.45) is 4.30. The number of rotatable bonds is 8. The van der Waals surface area contributed by atoms with E-state index in [1.165, 1.54) is 6.33 Å². The second-order valence-corrected chi connectivity index (χ2v) is 8.48. The van der Waals surface area contributed by atoms with E-state index in [9.17, 15) is 14.4 Å². The first-order valence-corrected chi connectivity index (χ1v) is 9.45. The summed E-state index contributed by atoms with van der Waals surface area (Å²) < 4.78 is 0. The number of aliphatic carboxylic acids is 1. The van der Waals surface area contributed by atoms with Gasteiger partial charge in [-0.3, -0.25) is 14.4 Å². The smallest absolute Gasteiger partial charge is 0.325 e. The van der Waals surface area contributed by atoms with Crippen LogP contribution in [0.15, 0.2) is 12.5 Å². The fourth-order valence-electron chi connectivity index (χ4n) is 3.95. The van der Waals surface area contributed by atoms with Crippen molar-refractivity contribution < 1.29 is 24.3 Å². The normalized spacial score (nSPS) is 22.4. The zero-order chi connectivity index (χ0) is 21.1. The first-order valence-electron chi connectivity index (χ1n) is 9.45. The van der Waals surface area contributed by atoms with Gasteiger partial charge in [-0.1, -0.05) is 0 Å². The lowest BCUT2D eigenvalue weighted by Crippen LogP contribution is -2.65. The van der Waals surface area contributed by atoms with Crippen LogP contribution in [0, 0.1) is 5.92 Å². The third kappa shape index (κ3) is 4.96. The molecule has 0 amide bonds. The third-order valence-corrected chi connectivity index (χ3v) is 5.40. The molecule has 9 heteroatoms. The molecule has 0 radical (unpaired) electrons. The van der Waals surface area contributed by atoms with E-state index in [0.717, 1.165) is 0 Å². The van der Waals surface area contributed by atoms with Gasteiger partial charge in [0.1, 0.15) is 0 Å². The highest BCUT2D eigenvalue weighted by molar-refractivity contribution is 5.87. The Morgan fingerprint density at radius 1 is 1.36 bits per heavy atom. The first kappa shape index (κ1) is 22.0. The summed E-state index contributed by atoms with van der Waals surface area (Å²) >= 11 is 0. The molecule has 2 atom stereocenters. The number of aromatic amines is 1. The van der Waals surface area contributed by atoms with Gasteiger partial charge >= 0.3 is 11.9 Å². The molecule has 0 aromatic carbocycles. The maximum absolute atomic E-state index is 13.1. The molecule has 1 aliphatic rings. The summed E-state index contributed by atoms with van der Waals surface area (Å²) in [5, 5.41) is 10.3. The lowest BCUT2D eigenvalue weighted by atomic mass is 9.70. The van der Waals surface area contributed by atoms with Crippen molar-refractivity contribution in [3.05, 3.63) is 18.2 Å². The Kier molecular flexibility index (Phi) is 6.61. The summed E-state index contributed by atoms with van der Waals surface area (Å²) in [4.78, 5) is 48.5. The van der Waals surface area contributed by atoms with Gasteiger partial charge in [0.2, 0.25) is 0 Å². The molecule has 2 heterocycles. The van der Waals surface area contributed by atoms with Gasteiger partial charge < -0.3 is 20.7 Å². The van der Waals surface area contributed by atoms with E-state index in [0.29, 0.717) is 25.0 Å². The van der Waals surface area contributed by atoms with E-state index in [2.05, 4.69) is 9.97 Å². The number of Topliss-reactive ketones (excluding diaryl/α,β-unsaturated/α-hetero) is 1. The molecule has 0 bridgehead atoms. The average molecular weight is 394 g/mol. The van der Waals surface area contributed by atoms with Gasteiger partial charge in [-0.15, -0.1) is 5.06 Å². The van der Waals surface area contributed by atoms with E-state index >= 15 is 0 Å². The number of hydrogen-bond acceptors (Lipinski definition) is 7.